The van der Waals surface area contributed by atoms with Gasteiger partial charge in [0.15, 0.2) is 0 Å². The van der Waals surface area contributed by atoms with Crippen LogP contribution in [0.15, 0.2) is 11.6 Å². The molecule has 0 aromatic heterocycles. The van der Waals surface area contributed by atoms with E-state index in [0.717, 1.165) is 31.1 Å². The number of hydrogen-bond donors (Lipinski definition) is 2. The molecule has 0 aromatic carbocycles. The van der Waals surface area contributed by atoms with Gasteiger partial charge in [0, 0.05) is 6.61 Å². The summed E-state index contributed by atoms with van der Waals surface area (Å²) < 4.78 is 0. The number of aliphatic hydroxyl groups excluding tert-OH is 2. The Morgan fingerprint density at radius 2 is 1.88 bits per heavy atom. The maximum absolute atomic E-state index is 10.1. The van der Waals surface area contributed by atoms with Gasteiger partial charge in [-0.2, -0.15) is 0 Å². The molecule has 0 saturated heterocycles. The van der Waals surface area contributed by atoms with Crippen molar-refractivity contribution in [1.29, 1.82) is 0 Å². The van der Waals surface area contributed by atoms with E-state index in [1.165, 1.54) is 32.1 Å². The summed E-state index contributed by atoms with van der Waals surface area (Å²) in [6.45, 7) is 9.80. The molecule has 2 heteroatoms. The molecule has 2 nitrogen and oxygen atoms in total. The molecule has 3 aliphatic rings. The molecule has 0 aromatic rings. The Labute approximate surface area is 148 Å². The van der Waals surface area contributed by atoms with Crippen molar-refractivity contribution >= 4 is 0 Å². The molecule has 2 N–H and O–H groups in total. The lowest BCUT2D eigenvalue weighted by Gasteiger charge is -2.56. The van der Waals surface area contributed by atoms with Crippen LogP contribution in [0.2, 0.25) is 0 Å². The van der Waals surface area contributed by atoms with Crippen LogP contribution in [0.4, 0.5) is 0 Å². The summed E-state index contributed by atoms with van der Waals surface area (Å²) in [5.74, 6) is 2.57. The number of allylic oxidation sites excluding steroid dienone is 2. The third-order valence-corrected chi connectivity index (χ3v) is 8.68. The zero-order valence-electron chi connectivity index (χ0n) is 16.2. The lowest BCUT2D eigenvalue weighted by Crippen LogP contribution is -2.51. The van der Waals surface area contributed by atoms with E-state index in [4.69, 9.17) is 0 Å². The molecule has 0 spiro atoms. The second-order valence-electron chi connectivity index (χ2n) is 9.41. The van der Waals surface area contributed by atoms with Crippen molar-refractivity contribution in [3.8, 4) is 0 Å². The van der Waals surface area contributed by atoms with Gasteiger partial charge in [0.2, 0.25) is 0 Å². The quantitative estimate of drug-likeness (QED) is 0.717. The molecule has 0 aliphatic heterocycles. The van der Waals surface area contributed by atoms with Crippen LogP contribution in [-0.2, 0) is 0 Å². The van der Waals surface area contributed by atoms with Crippen molar-refractivity contribution in [2.45, 2.75) is 85.2 Å². The van der Waals surface area contributed by atoms with Crippen LogP contribution in [0.1, 0.15) is 79.1 Å². The molecule has 0 amide bonds. The van der Waals surface area contributed by atoms with Crippen molar-refractivity contribution in [2.24, 2.45) is 34.5 Å². The number of rotatable bonds is 3. The zero-order chi connectivity index (χ0) is 17.5. The average Bonchev–Trinajstić information content (AvgIpc) is 2.92. The van der Waals surface area contributed by atoms with Gasteiger partial charge in [0.1, 0.15) is 0 Å². The summed E-state index contributed by atoms with van der Waals surface area (Å²) in [6, 6.07) is 0. The lowest BCUT2D eigenvalue weighted by atomic mass is 9.49. The predicted molar refractivity (Wildman–Crippen MR) is 99.6 cm³/mol. The van der Waals surface area contributed by atoms with Crippen molar-refractivity contribution < 1.29 is 10.2 Å². The Kier molecular flexibility index (Phi) is 5.20. The van der Waals surface area contributed by atoms with Crippen molar-refractivity contribution in [1.82, 2.24) is 0 Å². The van der Waals surface area contributed by atoms with E-state index in [9.17, 15) is 10.2 Å². The highest BCUT2D eigenvalue weighted by atomic mass is 16.3. The van der Waals surface area contributed by atoms with E-state index in [-0.39, 0.29) is 24.0 Å². The van der Waals surface area contributed by atoms with Crippen LogP contribution in [0.25, 0.3) is 0 Å². The first kappa shape index (κ1) is 18.5. The molecule has 3 rings (SSSR count). The van der Waals surface area contributed by atoms with Gasteiger partial charge in [-0.25, -0.2) is 0 Å². The fourth-order valence-electron chi connectivity index (χ4n) is 7.17. The van der Waals surface area contributed by atoms with E-state index in [2.05, 4.69) is 33.8 Å². The van der Waals surface area contributed by atoms with Crippen molar-refractivity contribution in [2.75, 3.05) is 6.61 Å². The van der Waals surface area contributed by atoms with Crippen LogP contribution in [-0.4, -0.2) is 22.9 Å². The molecule has 0 unspecified atom stereocenters. The first-order chi connectivity index (χ1) is 11.4. The maximum atomic E-state index is 10.1. The average molecular weight is 335 g/mol. The van der Waals surface area contributed by atoms with Crippen LogP contribution in [0.5, 0.6) is 0 Å². The summed E-state index contributed by atoms with van der Waals surface area (Å²) in [4.78, 5) is 0. The molecule has 3 aliphatic carbocycles. The molecule has 138 valence electrons. The van der Waals surface area contributed by atoms with Crippen LogP contribution in [0.3, 0.4) is 0 Å². The Morgan fingerprint density at radius 1 is 1.12 bits per heavy atom. The van der Waals surface area contributed by atoms with E-state index in [0.29, 0.717) is 11.3 Å². The Balaban J connectivity index is 1.89. The fourth-order valence-corrected chi connectivity index (χ4v) is 7.17. The third-order valence-electron chi connectivity index (χ3n) is 8.68. The molecule has 0 heterocycles. The third kappa shape index (κ3) is 2.69. The van der Waals surface area contributed by atoms with E-state index >= 15 is 0 Å². The van der Waals surface area contributed by atoms with E-state index < -0.39 is 0 Å². The van der Waals surface area contributed by atoms with E-state index in [1.54, 1.807) is 5.57 Å². The monoisotopic (exact) mass is 334 g/mol. The Morgan fingerprint density at radius 3 is 2.50 bits per heavy atom. The van der Waals surface area contributed by atoms with Gasteiger partial charge in [-0.1, -0.05) is 38.8 Å². The van der Waals surface area contributed by atoms with Gasteiger partial charge in [-0.3, -0.25) is 0 Å². The minimum atomic E-state index is -0.203. The first-order valence-corrected chi connectivity index (χ1v) is 10.3. The lowest BCUT2D eigenvalue weighted by molar-refractivity contribution is -0.0947. The molecule has 24 heavy (non-hydrogen) atoms. The number of hydrogen-bond acceptors (Lipinski definition) is 2. The second kappa shape index (κ2) is 6.76. The van der Waals surface area contributed by atoms with Gasteiger partial charge >= 0.3 is 0 Å². The molecular formula is C22H38O2. The first-order valence-electron chi connectivity index (χ1n) is 10.3. The summed E-state index contributed by atoms with van der Waals surface area (Å²) in [5.41, 5.74) is 2.33. The van der Waals surface area contributed by atoms with Crippen molar-refractivity contribution in [3.05, 3.63) is 11.6 Å². The van der Waals surface area contributed by atoms with Gasteiger partial charge in [-0.05, 0) is 86.4 Å². The van der Waals surface area contributed by atoms with Gasteiger partial charge in [-0.15, -0.1) is 0 Å². The van der Waals surface area contributed by atoms with Gasteiger partial charge < -0.3 is 10.2 Å². The summed E-state index contributed by atoms with van der Waals surface area (Å²) >= 11 is 0. The van der Waals surface area contributed by atoms with Crippen LogP contribution in [0, 0.1) is 34.5 Å². The number of fused-ring (bicyclic) bond motifs is 1. The topological polar surface area (TPSA) is 40.5 Å². The fraction of sp³-hybridized carbons (Fsp3) is 0.909. The number of aliphatic hydroxyl groups is 2. The minimum Gasteiger partial charge on any atom is -0.396 e. The summed E-state index contributed by atoms with van der Waals surface area (Å²) in [7, 11) is 0. The minimum absolute atomic E-state index is 0.203. The van der Waals surface area contributed by atoms with E-state index in [1.807, 2.05) is 0 Å². The molecule has 0 bridgehead atoms. The van der Waals surface area contributed by atoms with Gasteiger partial charge in [0.05, 0.1) is 6.10 Å². The van der Waals surface area contributed by atoms with Gasteiger partial charge in [0.25, 0.3) is 0 Å². The standard InChI is InChI=1S/C22H38O2/c1-5-15-7-8-19-18(6-2)20(10-12-21(15,19)3)22(4)11-9-17(24)13-16(22)14-23/h5,16-20,23-24H,6-14H2,1-4H3/b15-5+/t16-,17+,18+,19+,20+,21-,22+/m1/s1. The van der Waals surface area contributed by atoms with Crippen LogP contribution < -0.4 is 0 Å². The Hall–Kier alpha value is -0.340. The van der Waals surface area contributed by atoms with Crippen molar-refractivity contribution in [3.63, 3.8) is 0 Å². The summed E-state index contributed by atoms with van der Waals surface area (Å²) in [5, 5.41) is 20.1. The highest BCUT2D eigenvalue weighted by molar-refractivity contribution is 5.23. The predicted octanol–water partition coefficient (Wildman–Crippen LogP) is 4.94. The maximum Gasteiger partial charge on any atom is 0.0544 e. The normalized spacial score (nSPS) is 50.9. The molecular weight excluding hydrogens is 296 g/mol. The Bertz CT molecular complexity index is 484. The molecule has 7 atom stereocenters. The largest absolute Gasteiger partial charge is 0.396 e. The van der Waals surface area contributed by atoms with Crippen LogP contribution >= 0.6 is 0 Å². The second-order valence-corrected chi connectivity index (χ2v) is 9.41. The molecule has 3 saturated carbocycles. The highest BCUT2D eigenvalue weighted by Gasteiger charge is 2.56. The summed E-state index contributed by atoms with van der Waals surface area (Å²) in [6.07, 6.45) is 11.5. The SMILES string of the molecule is C/C=C1\CC[C@H]2[C@H](CC)[C@@H]([C@@]3(C)CC[C@H](O)C[C@@H]3CO)CC[C@]12C. The highest BCUT2D eigenvalue weighted by Crippen LogP contribution is 2.64. The zero-order valence-corrected chi connectivity index (χ0v) is 16.2. The smallest absolute Gasteiger partial charge is 0.0544 e. The molecule has 3 fully saturated rings. The molecule has 0 radical (unpaired) electrons.